The summed E-state index contributed by atoms with van der Waals surface area (Å²) in [5.41, 5.74) is 0. The van der Waals surface area contributed by atoms with Gasteiger partial charge in [-0.3, -0.25) is 4.79 Å². The van der Waals surface area contributed by atoms with Gasteiger partial charge < -0.3 is 9.47 Å². The van der Waals surface area contributed by atoms with Gasteiger partial charge in [0.25, 0.3) is 0 Å². The lowest BCUT2D eigenvalue weighted by molar-refractivity contribution is -0.159. The molecule has 2 rings (SSSR count). The van der Waals surface area contributed by atoms with Gasteiger partial charge in [-0.15, -0.1) is 0 Å². The summed E-state index contributed by atoms with van der Waals surface area (Å²) in [6.45, 7) is 2.73. The summed E-state index contributed by atoms with van der Waals surface area (Å²) in [7, 11) is 0. The molecular formula is C15H14O4. The second-order valence-electron chi connectivity index (χ2n) is 4.18. The first-order valence-electron chi connectivity index (χ1n) is 5.94. The van der Waals surface area contributed by atoms with E-state index in [1.54, 1.807) is 12.1 Å². The Morgan fingerprint density at radius 2 is 1.74 bits per heavy atom. The Balaban J connectivity index is 2.12. The van der Waals surface area contributed by atoms with E-state index in [9.17, 15) is 9.59 Å². The molecule has 0 fully saturated rings. The lowest BCUT2D eigenvalue weighted by Gasteiger charge is -2.11. The number of rotatable bonds is 3. The Morgan fingerprint density at radius 3 is 2.42 bits per heavy atom. The maximum atomic E-state index is 11.7. The first-order valence-corrected chi connectivity index (χ1v) is 5.94. The Labute approximate surface area is 110 Å². The summed E-state index contributed by atoms with van der Waals surface area (Å²) >= 11 is 0. The molecular weight excluding hydrogens is 244 g/mol. The minimum atomic E-state index is -0.913. The van der Waals surface area contributed by atoms with Crippen molar-refractivity contribution >= 4 is 22.7 Å². The number of benzene rings is 2. The van der Waals surface area contributed by atoms with Gasteiger partial charge in [-0.05, 0) is 29.8 Å². The van der Waals surface area contributed by atoms with Gasteiger partial charge in [0.2, 0.25) is 0 Å². The van der Waals surface area contributed by atoms with E-state index >= 15 is 0 Å². The van der Waals surface area contributed by atoms with Crippen LogP contribution in [0, 0.1) is 0 Å². The van der Waals surface area contributed by atoms with Gasteiger partial charge in [-0.1, -0.05) is 30.3 Å². The molecule has 0 spiro atoms. The third-order valence-corrected chi connectivity index (χ3v) is 2.61. The van der Waals surface area contributed by atoms with Crippen molar-refractivity contribution in [3.8, 4) is 5.75 Å². The number of carbonyl (C=O) groups excluding carboxylic acids is 2. The molecule has 4 nitrogen and oxygen atoms in total. The summed E-state index contributed by atoms with van der Waals surface area (Å²) in [6, 6.07) is 13.1. The van der Waals surface area contributed by atoms with Gasteiger partial charge in [-0.25, -0.2) is 4.79 Å². The number of esters is 2. The molecule has 0 amide bonds. The highest BCUT2D eigenvalue weighted by atomic mass is 16.6. The zero-order valence-electron chi connectivity index (χ0n) is 10.8. The Morgan fingerprint density at radius 1 is 1.05 bits per heavy atom. The molecule has 0 aromatic heterocycles. The van der Waals surface area contributed by atoms with Crippen LogP contribution in [0.4, 0.5) is 0 Å². The van der Waals surface area contributed by atoms with Gasteiger partial charge in [0, 0.05) is 6.92 Å². The minimum absolute atomic E-state index is 0.433. The molecule has 0 N–H and O–H groups in total. The molecule has 2 aromatic rings. The molecule has 4 heteroatoms. The Bertz CT molecular complexity index is 618. The zero-order valence-corrected chi connectivity index (χ0v) is 10.8. The zero-order chi connectivity index (χ0) is 13.8. The number of hydrogen-bond donors (Lipinski definition) is 0. The van der Waals surface area contributed by atoms with Gasteiger partial charge in [0.15, 0.2) is 6.10 Å². The van der Waals surface area contributed by atoms with E-state index < -0.39 is 18.0 Å². The molecule has 1 unspecified atom stereocenters. The quantitative estimate of drug-likeness (QED) is 0.627. The van der Waals surface area contributed by atoms with Crippen LogP contribution in [-0.2, 0) is 14.3 Å². The van der Waals surface area contributed by atoms with E-state index in [1.165, 1.54) is 13.8 Å². The van der Waals surface area contributed by atoms with Crippen LogP contribution in [0.25, 0.3) is 10.8 Å². The van der Waals surface area contributed by atoms with Gasteiger partial charge in [0.05, 0.1) is 0 Å². The van der Waals surface area contributed by atoms with E-state index in [4.69, 9.17) is 9.47 Å². The topological polar surface area (TPSA) is 52.6 Å². The van der Waals surface area contributed by atoms with Crippen LogP contribution in [0.1, 0.15) is 13.8 Å². The highest BCUT2D eigenvalue weighted by Crippen LogP contribution is 2.21. The first-order chi connectivity index (χ1) is 9.06. The molecule has 0 radical (unpaired) electrons. The van der Waals surface area contributed by atoms with Gasteiger partial charge in [0.1, 0.15) is 5.75 Å². The molecule has 19 heavy (non-hydrogen) atoms. The van der Waals surface area contributed by atoms with Crippen LogP contribution >= 0.6 is 0 Å². The number of hydrogen-bond acceptors (Lipinski definition) is 4. The maximum Gasteiger partial charge on any atom is 0.352 e. The average Bonchev–Trinajstić information content (AvgIpc) is 2.37. The summed E-state index contributed by atoms with van der Waals surface area (Å²) in [6.07, 6.45) is -0.913. The lowest BCUT2D eigenvalue weighted by atomic mass is 10.1. The van der Waals surface area contributed by atoms with Crippen molar-refractivity contribution in [3.05, 3.63) is 42.5 Å². The fourth-order valence-electron chi connectivity index (χ4n) is 1.73. The first kappa shape index (κ1) is 13.1. The molecule has 2 aromatic carbocycles. The van der Waals surface area contributed by atoms with E-state index in [0.717, 1.165) is 10.8 Å². The van der Waals surface area contributed by atoms with Crippen LogP contribution in [0.15, 0.2) is 42.5 Å². The highest BCUT2D eigenvalue weighted by Gasteiger charge is 2.18. The van der Waals surface area contributed by atoms with Crippen molar-refractivity contribution < 1.29 is 19.1 Å². The summed E-state index contributed by atoms with van der Waals surface area (Å²) in [5.74, 6) is -0.670. The third kappa shape index (κ3) is 3.31. The number of carbonyl (C=O) groups is 2. The van der Waals surface area contributed by atoms with E-state index in [1.807, 2.05) is 30.3 Å². The van der Waals surface area contributed by atoms with E-state index in [-0.39, 0.29) is 0 Å². The van der Waals surface area contributed by atoms with E-state index in [0.29, 0.717) is 5.75 Å². The lowest BCUT2D eigenvalue weighted by Crippen LogP contribution is -2.27. The van der Waals surface area contributed by atoms with Crippen molar-refractivity contribution in [2.24, 2.45) is 0 Å². The highest BCUT2D eigenvalue weighted by molar-refractivity contribution is 5.85. The second-order valence-corrected chi connectivity index (χ2v) is 4.18. The maximum absolute atomic E-state index is 11.7. The molecule has 0 aliphatic heterocycles. The van der Waals surface area contributed by atoms with Crippen LogP contribution in [-0.4, -0.2) is 18.0 Å². The Hall–Kier alpha value is -2.36. The molecule has 0 aliphatic carbocycles. The molecule has 1 atom stereocenters. The Kier molecular flexibility index (Phi) is 3.80. The molecule has 0 bridgehead atoms. The second kappa shape index (κ2) is 5.52. The van der Waals surface area contributed by atoms with Crippen LogP contribution in [0.3, 0.4) is 0 Å². The van der Waals surface area contributed by atoms with E-state index in [2.05, 4.69) is 0 Å². The standard InChI is InChI=1S/C15H14O4/c1-10(18-11(2)16)15(17)19-14-8-7-12-5-3-4-6-13(12)9-14/h3-10H,1-2H3. The number of ether oxygens (including phenoxy) is 2. The van der Waals surface area contributed by atoms with Crippen molar-refractivity contribution in [1.82, 2.24) is 0 Å². The summed E-state index contributed by atoms with van der Waals surface area (Å²) in [4.78, 5) is 22.4. The largest absolute Gasteiger partial charge is 0.451 e. The molecule has 0 saturated heterocycles. The molecule has 0 heterocycles. The van der Waals surface area contributed by atoms with Gasteiger partial charge in [-0.2, -0.15) is 0 Å². The van der Waals surface area contributed by atoms with Crippen molar-refractivity contribution in [1.29, 1.82) is 0 Å². The predicted molar refractivity (Wildman–Crippen MR) is 70.8 cm³/mol. The average molecular weight is 258 g/mol. The fraction of sp³-hybridized carbons (Fsp3) is 0.200. The molecule has 98 valence electrons. The minimum Gasteiger partial charge on any atom is -0.451 e. The fourth-order valence-corrected chi connectivity index (χ4v) is 1.73. The smallest absolute Gasteiger partial charge is 0.352 e. The summed E-state index contributed by atoms with van der Waals surface area (Å²) in [5, 5.41) is 2.04. The van der Waals surface area contributed by atoms with Gasteiger partial charge >= 0.3 is 11.9 Å². The monoisotopic (exact) mass is 258 g/mol. The van der Waals surface area contributed by atoms with Crippen molar-refractivity contribution in [3.63, 3.8) is 0 Å². The summed E-state index contributed by atoms with van der Waals surface area (Å²) < 4.78 is 9.93. The van der Waals surface area contributed by atoms with Crippen LogP contribution in [0.5, 0.6) is 5.75 Å². The predicted octanol–water partition coefficient (Wildman–Crippen LogP) is 2.70. The van der Waals surface area contributed by atoms with Crippen molar-refractivity contribution in [2.75, 3.05) is 0 Å². The van der Waals surface area contributed by atoms with Crippen molar-refractivity contribution in [2.45, 2.75) is 20.0 Å². The molecule has 0 aliphatic rings. The third-order valence-electron chi connectivity index (χ3n) is 2.61. The van der Waals surface area contributed by atoms with Crippen LogP contribution < -0.4 is 4.74 Å². The SMILES string of the molecule is CC(=O)OC(C)C(=O)Oc1ccc2ccccc2c1. The molecule has 0 saturated carbocycles. The number of fused-ring (bicyclic) bond motifs is 1. The normalized spacial score (nSPS) is 11.9. The van der Waals surface area contributed by atoms with Crippen LogP contribution in [0.2, 0.25) is 0 Å².